The number of nitrogens with one attached hydrogen (secondary N) is 2. The molecule has 1 aliphatic rings. The van der Waals surface area contributed by atoms with Gasteiger partial charge in [-0.3, -0.25) is 10.1 Å². The van der Waals surface area contributed by atoms with Crippen molar-refractivity contribution in [3.8, 4) is 0 Å². The molecule has 0 radical (unpaired) electrons. The van der Waals surface area contributed by atoms with Gasteiger partial charge in [-0.05, 0) is 37.9 Å². The molecule has 2 heterocycles. The van der Waals surface area contributed by atoms with E-state index in [0.29, 0.717) is 11.7 Å². The minimum Gasteiger partial charge on any atom is -0.370 e. The van der Waals surface area contributed by atoms with E-state index in [0.717, 1.165) is 19.6 Å². The summed E-state index contributed by atoms with van der Waals surface area (Å²) in [5.41, 5.74) is 0.0230. The number of hydrogen-bond acceptors (Lipinski definition) is 5. The van der Waals surface area contributed by atoms with Gasteiger partial charge in [0, 0.05) is 12.6 Å². The standard InChI is InChI=1S/C11H16N4O2/c16-15(17)10-3-4-11(14-8-10)13-7-9-2-1-5-12-6-9/h3-4,8-9,12H,1-2,5-7H2,(H,13,14)/t9-/m0/s1. The molecule has 6 heteroatoms. The lowest BCUT2D eigenvalue weighted by Crippen LogP contribution is -2.33. The third kappa shape index (κ3) is 3.39. The van der Waals surface area contributed by atoms with Crippen molar-refractivity contribution in [2.45, 2.75) is 12.8 Å². The molecule has 0 amide bonds. The van der Waals surface area contributed by atoms with Crippen molar-refractivity contribution in [1.29, 1.82) is 0 Å². The molecule has 1 aromatic heterocycles. The number of nitrogens with zero attached hydrogens (tertiary/aromatic N) is 2. The van der Waals surface area contributed by atoms with E-state index >= 15 is 0 Å². The van der Waals surface area contributed by atoms with Gasteiger partial charge in [0.2, 0.25) is 0 Å². The molecule has 0 aliphatic carbocycles. The predicted octanol–water partition coefficient (Wildman–Crippen LogP) is 1.40. The molecule has 0 saturated carbocycles. The second-order valence-corrected chi connectivity index (χ2v) is 4.25. The van der Waals surface area contributed by atoms with E-state index in [1.807, 2.05) is 0 Å². The first-order valence-electron chi connectivity index (χ1n) is 5.81. The van der Waals surface area contributed by atoms with E-state index in [9.17, 15) is 10.1 Å². The second-order valence-electron chi connectivity index (χ2n) is 4.25. The maximum absolute atomic E-state index is 10.5. The Balaban J connectivity index is 1.84. The van der Waals surface area contributed by atoms with Gasteiger partial charge in [0.15, 0.2) is 0 Å². The average Bonchev–Trinajstić information content (AvgIpc) is 2.38. The van der Waals surface area contributed by atoms with Crippen molar-refractivity contribution >= 4 is 11.5 Å². The number of anilines is 1. The number of pyridine rings is 1. The number of hydrogen-bond donors (Lipinski definition) is 2. The molecule has 6 nitrogen and oxygen atoms in total. The van der Waals surface area contributed by atoms with Crippen LogP contribution in [0.25, 0.3) is 0 Å². The summed E-state index contributed by atoms with van der Waals surface area (Å²) in [6.45, 7) is 2.99. The van der Waals surface area contributed by atoms with Gasteiger partial charge in [-0.2, -0.15) is 0 Å². The van der Waals surface area contributed by atoms with Crippen molar-refractivity contribution in [2.75, 3.05) is 25.0 Å². The molecule has 17 heavy (non-hydrogen) atoms. The van der Waals surface area contributed by atoms with Crippen LogP contribution in [0.3, 0.4) is 0 Å². The molecular formula is C11H16N4O2. The van der Waals surface area contributed by atoms with Gasteiger partial charge in [0.25, 0.3) is 5.69 Å². The fourth-order valence-electron chi connectivity index (χ4n) is 1.95. The van der Waals surface area contributed by atoms with Crippen molar-refractivity contribution in [3.63, 3.8) is 0 Å². The largest absolute Gasteiger partial charge is 0.370 e. The Morgan fingerprint density at radius 2 is 2.47 bits per heavy atom. The number of aromatic nitrogens is 1. The van der Waals surface area contributed by atoms with E-state index in [1.165, 1.54) is 25.1 Å². The monoisotopic (exact) mass is 236 g/mol. The highest BCUT2D eigenvalue weighted by atomic mass is 16.6. The summed E-state index contributed by atoms with van der Waals surface area (Å²) in [4.78, 5) is 14.0. The zero-order chi connectivity index (χ0) is 12.1. The Kier molecular flexibility index (Phi) is 3.87. The van der Waals surface area contributed by atoms with Gasteiger partial charge in [-0.1, -0.05) is 0 Å². The first-order valence-corrected chi connectivity index (χ1v) is 5.81. The molecule has 0 bridgehead atoms. The van der Waals surface area contributed by atoms with Gasteiger partial charge in [0.1, 0.15) is 12.0 Å². The van der Waals surface area contributed by atoms with Gasteiger partial charge < -0.3 is 10.6 Å². The van der Waals surface area contributed by atoms with Crippen LogP contribution < -0.4 is 10.6 Å². The van der Waals surface area contributed by atoms with Gasteiger partial charge >= 0.3 is 0 Å². The Morgan fingerprint density at radius 3 is 3.06 bits per heavy atom. The lowest BCUT2D eigenvalue weighted by molar-refractivity contribution is -0.385. The maximum Gasteiger partial charge on any atom is 0.287 e. The summed E-state index contributed by atoms with van der Waals surface area (Å²) in [7, 11) is 0. The summed E-state index contributed by atoms with van der Waals surface area (Å²) in [6, 6.07) is 3.11. The third-order valence-corrected chi connectivity index (χ3v) is 2.93. The maximum atomic E-state index is 10.5. The van der Waals surface area contributed by atoms with E-state index in [1.54, 1.807) is 6.07 Å². The van der Waals surface area contributed by atoms with Crippen molar-refractivity contribution < 1.29 is 4.92 Å². The Labute approximate surface area is 99.6 Å². The van der Waals surface area contributed by atoms with E-state index in [2.05, 4.69) is 15.6 Å². The molecule has 92 valence electrons. The summed E-state index contributed by atoms with van der Waals surface area (Å²) in [5.74, 6) is 1.31. The zero-order valence-electron chi connectivity index (χ0n) is 9.56. The van der Waals surface area contributed by atoms with Gasteiger partial charge in [-0.25, -0.2) is 4.98 Å². The Bertz CT molecular complexity index is 374. The van der Waals surface area contributed by atoms with Crippen LogP contribution in [0, 0.1) is 16.0 Å². The molecule has 1 atom stereocenters. The van der Waals surface area contributed by atoms with Crippen LogP contribution in [0.2, 0.25) is 0 Å². The summed E-state index contributed by atoms with van der Waals surface area (Å²) in [5, 5.41) is 17.0. The summed E-state index contributed by atoms with van der Waals surface area (Å²) < 4.78 is 0. The fourth-order valence-corrected chi connectivity index (χ4v) is 1.95. The lowest BCUT2D eigenvalue weighted by Gasteiger charge is -2.22. The highest BCUT2D eigenvalue weighted by Gasteiger charge is 2.12. The van der Waals surface area contributed by atoms with Crippen molar-refractivity contribution in [1.82, 2.24) is 10.3 Å². The molecule has 1 aliphatic heterocycles. The molecule has 0 aromatic carbocycles. The number of piperidine rings is 1. The van der Waals surface area contributed by atoms with Gasteiger partial charge in [-0.15, -0.1) is 0 Å². The molecule has 1 aromatic rings. The van der Waals surface area contributed by atoms with Crippen LogP contribution in [-0.2, 0) is 0 Å². The van der Waals surface area contributed by atoms with Crippen LogP contribution in [0.15, 0.2) is 18.3 Å². The quantitative estimate of drug-likeness (QED) is 0.610. The van der Waals surface area contributed by atoms with E-state index in [-0.39, 0.29) is 5.69 Å². The molecular weight excluding hydrogens is 220 g/mol. The van der Waals surface area contributed by atoms with Crippen LogP contribution >= 0.6 is 0 Å². The van der Waals surface area contributed by atoms with E-state index < -0.39 is 4.92 Å². The molecule has 2 rings (SSSR count). The van der Waals surface area contributed by atoms with Crippen molar-refractivity contribution in [2.24, 2.45) is 5.92 Å². The average molecular weight is 236 g/mol. The van der Waals surface area contributed by atoms with E-state index in [4.69, 9.17) is 0 Å². The minimum atomic E-state index is -0.443. The van der Waals surface area contributed by atoms with Crippen LogP contribution in [0.1, 0.15) is 12.8 Å². The Morgan fingerprint density at radius 1 is 1.59 bits per heavy atom. The second kappa shape index (κ2) is 5.58. The van der Waals surface area contributed by atoms with Crippen LogP contribution in [0.5, 0.6) is 0 Å². The number of rotatable bonds is 4. The normalized spacial score (nSPS) is 19.9. The van der Waals surface area contributed by atoms with Gasteiger partial charge in [0.05, 0.1) is 4.92 Å². The first kappa shape index (κ1) is 11.8. The number of nitro groups is 1. The Hall–Kier alpha value is -1.69. The topological polar surface area (TPSA) is 80.1 Å². The highest BCUT2D eigenvalue weighted by molar-refractivity contribution is 5.40. The van der Waals surface area contributed by atoms with Crippen LogP contribution in [0.4, 0.5) is 11.5 Å². The molecule has 0 unspecified atom stereocenters. The lowest BCUT2D eigenvalue weighted by atomic mass is 10.00. The fraction of sp³-hybridized carbons (Fsp3) is 0.545. The highest BCUT2D eigenvalue weighted by Crippen LogP contribution is 2.14. The smallest absolute Gasteiger partial charge is 0.287 e. The molecule has 2 N–H and O–H groups in total. The van der Waals surface area contributed by atoms with Crippen LogP contribution in [-0.4, -0.2) is 29.5 Å². The molecule has 1 fully saturated rings. The zero-order valence-corrected chi connectivity index (χ0v) is 9.56. The SMILES string of the molecule is O=[N+]([O-])c1ccc(NC[C@H]2CCCNC2)nc1. The third-order valence-electron chi connectivity index (χ3n) is 2.93. The summed E-state index contributed by atoms with van der Waals surface area (Å²) in [6.07, 6.45) is 3.70. The molecule has 1 saturated heterocycles. The predicted molar refractivity (Wildman–Crippen MR) is 65.0 cm³/mol. The molecule has 0 spiro atoms. The first-order chi connectivity index (χ1) is 8.25. The summed E-state index contributed by atoms with van der Waals surface area (Å²) >= 11 is 0. The minimum absolute atomic E-state index is 0.0230. The van der Waals surface area contributed by atoms with Crippen molar-refractivity contribution in [3.05, 3.63) is 28.4 Å².